The van der Waals surface area contributed by atoms with Gasteiger partial charge in [0.25, 0.3) is 0 Å². The van der Waals surface area contributed by atoms with Crippen LogP contribution < -0.4 is 0 Å². The van der Waals surface area contributed by atoms with Crippen molar-refractivity contribution in [3.8, 4) is 0 Å². The fraction of sp³-hybridized carbons (Fsp3) is 1.00. The second-order valence-corrected chi connectivity index (χ2v) is 12.3. The summed E-state index contributed by atoms with van der Waals surface area (Å²) in [6.07, 6.45) is 11.8. The lowest BCUT2D eigenvalue weighted by Gasteiger charge is -2.49. The zero-order valence-electron chi connectivity index (χ0n) is 17.0. The van der Waals surface area contributed by atoms with E-state index in [9.17, 15) is 0 Å². The molecule has 2 nitrogen and oxygen atoms in total. The predicted octanol–water partition coefficient (Wildman–Crippen LogP) is 6.69. The van der Waals surface area contributed by atoms with Gasteiger partial charge in [0.15, 0.2) is 0 Å². The quantitative estimate of drug-likeness (QED) is 0.452. The molecule has 0 bridgehead atoms. The molecule has 0 amide bonds. The Labute approximate surface area is 152 Å². The van der Waals surface area contributed by atoms with Gasteiger partial charge in [0.05, 0.1) is 0 Å². The molecular weight excluding hydrogens is 312 g/mol. The first-order chi connectivity index (χ1) is 11.5. The van der Waals surface area contributed by atoms with Gasteiger partial charge >= 0.3 is 8.56 Å². The Morgan fingerprint density at radius 3 is 2.04 bits per heavy atom. The van der Waals surface area contributed by atoms with Crippen LogP contribution in [-0.2, 0) is 8.85 Å². The lowest BCUT2D eigenvalue weighted by atomic mass is 9.81. The van der Waals surface area contributed by atoms with E-state index in [2.05, 4.69) is 34.6 Å². The zero-order valence-corrected chi connectivity index (χ0v) is 18.0. The van der Waals surface area contributed by atoms with Crippen molar-refractivity contribution >= 4 is 8.56 Å². The van der Waals surface area contributed by atoms with Crippen LogP contribution in [0.5, 0.6) is 0 Å². The first kappa shape index (κ1) is 20.4. The molecule has 0 saturated heterocycles. The van der Waals surface area contributed by atoms with Crippen LogP contribution in [0, 0.1) is 17.8 Å². The van der Waals surface area contributed by atoms with Gasteiger partial charge in [-0.2, -0.15) is 0 Å². The second-order valence-electron chi connectivity index (χ2n) is 8.76. The topological polar surface area (TPSA) is 18.5 Å². The molecule has 0 aromatic heterocycles. The first-order valence-electron chi connectivity index (χ1n) is 10.8. The van der Waals surface area contributed by atoms with E-state index in [4.69, 9.17) is 8.85 Å². The van der Waals surface area contributed by atoms with Crippen molar-refractivity contribution in [2.45, 2.75) is 103 Å². The van der Waals surface area contributed by atoms with Crippen molar-refractivity contribution in [2.75, 3.05) is 13.2 Å². The maximum absolute atomic E-state index is 6.84. The van der Waals surface area contributed by atoms with Crippen LogP contribution in [0.25, 0.3) is 0 Å². The highest BCUT2D eigenvalue weighted by molar-refractivity contribution is 6.70. The summed E-state index contributed by atoms with van der Waals surface area (Å²) in [6, 6.07) is 0. The summed E-state index contributed by atoms with van der Waals surface area (Å²) in [7, 11) is -2.18. The van der Waals surface area contributed by atoms with E-state index in [0.717, 1.165) is 49.4 Å². The molecule has 0 aliphatic heterocycles. The highest BCUT2D eigenvalue weighted by Gasteiger charge is 2.55. The molecule has 2 aliphatic rings. The Morgan fingerprint density at radius 1 is 0.833 bits per heavy atom. The summed E-state index contributed by atoms with van der Waals surface area (Å²) in [5.74, 6) is 2.44. The van der Waals surface area contributed by atoms with Crippen LogP contribution in [0.4, 0.5) is 0 Å². The van der Waals surface area contributed by atoms with Crippen LogP contribution in [-0.4, -0.2) is 21.8 Å². The van der Waals surface area contributed by atoms with Crippen molar-refractivity contribution < 1.29 is 8.85 Å². The number of rotatable bonds is 8. The number of hydrogen-bond acceptors (Lipinski definition) is 2. The normalized spacial score (nSPS) is 35.1. The Bertz CT molecular complexity index is 352. The van der Waals surface area contributed by atoms with E-state index in [1.54, 1.807) is 0 Å². The summed E-state index contributed by atoms with van der Waals surface area (Å²) in [5.41, 5.74) is 1.42. The zero-order chi connectivity index (χ0) is 17.6. The molecule has 0 spiro atoms. The van der Waals surface area contributed by atoms with E-state index in [1.807, 2.05) is 0 Å². The third-order valence-corrected chi connectivity index (χ3v) is 11.6. The van der Waals surface area contributed by atoms with Gasteiger partial charge in [-0.05, 0) is 49.9 Å². The van der Waals surface area contributed by atoms with Gasteiger partial charge in [-0.25, -0.2) is 0 Å². The number of hydrogen-bond donors (Lipinski definition) is 0. The minimum atomic E-state index is -2.18. The summed E-state index contributed by atoms with van der Waals surface area (Å²) >= 11 is 0. The van der Waals surface area contributed by atoms with Crippen LogP contribution in [0.15, 0.2) is 0 Å². The molecule has 5 unspecified atom stereocenters. The van der Waals surface area contributed by atoms with Crippen LogP contribution in [0.1, 0.15) is 92.4 Å². The molecule has 5 atom stereocenters. The van der Waals surface area contributed by atoms with Gasteiger partial charge in [0, 0.05) is 24.3 Å². The molecule has 3 heteroatoms. The Balaban J connectivity index is 2.31. The highest BCUT2D eigenvalue weighted by atomic mass is 28.4. The molecule has 0 N–H and O–H groups in total. The van der Waals surface area contributed by atoms with E-state index in [0.29, 0.717) is 5.54 Å². The van der Waals surface area contributed by atoms with Gasteiger partial charge in [0.1, 0.15) is 0 Å². The maximum atomic E-state index is 6.84. The SMILES string of the molecule is CCCO[Si](OCCC)(C1CCCC(C)C1)C1CCCC(C)C1C. The van der Waals surface area contributed by atoms with Crippen molar-refractivity contribution in [3.63, 3.8) is 0 Å². The van der Waals surface area contributed by atoms with Gasteiger partial charge < -0.3 is 8.85 Å². The molecule has 2 fully saturated rings. The third-order valence-electron chi connectivity index (χ3n) is 6.79. The highest BCUT2D eigenvalue weighted by Crippen LogP contribution is 2.53. The molecule has 24 heavy (non-hydrogen) atoms. The Morgan fingerprint density at radius 2 is 1.46 bits per heavy atom. The second kappa shape index (κ2) is 9.73. The molecule has 2 aliphatic carbocycles. The van der Waals surface area contributed by atoms with E-state index in [1.165, 1.54) is 44.9 Å². The summed E-state index contributed by atoms with van der Waals surface area (Å²) in [6.45, 7) is 13.7. The molecule has 0 aromatic carbocycles. The van der Waals surface area contributed by atoms with Crippen molar-refractivity contribution in [1.82, 2.24) is 0 Å². The average molecular weight is 355 g/mol. The lowest BCUT2D eigenvalue weighted by Crippen LogP contribution is -2.55. The van der Waals surface area contributed by atoms with Gasteiger partial charge in [-0.15, -0.1) is 0 Å². The fourth-order valence-electron chi connectivity index (χ4n) is 5.27. The standard InChI is InChI=1S/C21H42O2Si/c1-6-14-22-24(23-15-7-2,20-12-8-10-17(3)16-20)21-13-9-11-18(4)19(21)5/h17-21H,6-16H2,1-5H3. The summed E-state index contributed by atoms with van der Waals surface area (Å²) in [5, 5.41) is 0. The van der Waals surface area contributed by atoms with Crippen molar-refractivity contribution in [2.24, 2.45) is 17.8 Å². The van der Waals surface area contributed by atoms with E-state index < -0.39 is 8.56 Å². The summed E-state index contributed by atoms with van der Waals surface area (Å²) < 4.78 is 13.7. The van der Waals surface area contributed by atoms with E-state index >= 15 is 0 Å². The monoisotopic (exact) mass is 354 g/mol. The summed E-state index contributed by atoms with van der Waals surface area (Å²) in [4.78, 5) is 0. The first-order valence-corrected chi connectivity index (χ1v) is 12.8. The molecule has 0 radical (unpaired) electrons. The molecule has 142 valence electrons. The fourth-order valence-corrected chi connectivity index (χ4v) is 10.9. The van der Waals surface area contributed by atoms with Crippen molar-refractivity contribution in [1.29, 1.82) is 0 Å². The molecule has 0 aromatic rings. The van der Waals surface area contributed by atoms with Gasteiger partial charge in [-0.3, -0.25) is 0 Å². The van der Waals surface area contributed by atoms with Crippen LogP contribution >= 0.6 is 0 Å². The lowest BCUT2D eigenvalue weighted by molar-refractivity contribution is 0.111. The maximum Gasteiger partial charge on any atom is 0.344 e. The van der Waals surface area contributed by atoms with Gasteiger partial charge in [0.2, 0.25) is 0 Å². The van der Waals surface area contributed by atoms with E-state index in [-0.39, 0.29) is 0 Å². The van der Waals surface area contributed by atoms with Crippen LogP contribution in [0.3, 0.4) is 0 Å². The molecule has 0 heterocycles. The smallest absolute Gasteiger partial charge is 0.344 e. The molecule has 2 rings (SSSR count). The Hall–Kier alpha value is 0.137. The molecule has 2 saturated carbocycles. The van der Waals surface area contributed by atoms with Crippen LogP contribution in [0.2, 0.25) is 11.1 Å². The largest absolute Gasteiger partial charge is 0.394 e. The molecular formula is C21H42O2Si. The minimum absolute atomic E-state index is 0.703. The van der Waals surface area contributed by atoms with Crippen molar-refractivity contribution in [3.05, 3.63) is 0 Å². The van der Waals surface area contributed by atoms with Gasteiger partial charge in [-0.1, -0.05) is 60.3 Å². The Kier molecular flexibility index (Phi) is 8.29. The average Bonchev–Trinajstić information content (AvgIpc) is 2.58. The minimum Gasteiger partial charge on any atom is -0.394 e. The predicted molar refractivity (Wildman–Crippen MR) is 106 cm³/mol. The third kappa shape index (κ3) is 4.65.